The molecule has 1 aliphatic rings. The molecule has 1 saturated heterocycles. The fourth-order valence-corrected chi connectivity index (χ4v) is 1.40. The van der Waals surface area contributed by atoms with Gasteiger partial charge in [-0.1, -0.05) is 6.92 Å². The van der Waals surface area contributed by atoms with Crippen molar-refractivity contribution in [3.63, 3.8) is 0 Å². The molecule has 56 valence electrons. The molecule has 0 aliphatic carbocycles. The van der Waals surface area contributed by atoms with Gasteiger partial charge < -0.3 is 5.32 Å². The normalized spacial score (nSPS) is 23.6. The summed E-state index contributed by atoms with van der Waals surface area (Å²) in [4.78, 5) is 0. The molecule has 0 aromatic carbocycles. The lowest BCUT2D eigenvalue weighted by Crippen LogP contribution is -2.34. The second-order valence-electron chi connectivity index (χ2n) is 3.40. The highest BCUT2D eigenvalue weighted by Gasteiger charge is 2.25. The van der Waals surface area contributed by atoms with Crippen LogP contribution in [-0.2, 0) is 0 Å². The number of piperidine rings is 1. The minimum Gasteiger partial charge on any atom is -0.317 e. The smallest absolute Gasteiger partial charge is 0.0627 e. The summed E-state index contributed by atoms with van der Waals surface area (Å²) in [7, 11) is 0. The first kappa shape index (κ1) is 7.56. The van der Waals surface area contributed by atoms with E-state index in [1.165, 1.54) is 0 Å². The van der Waals surface area contributed by atoms with Crippen molar-refractivity contribution in [3.8, 4) is 6.07 Å². The van der Waals surface area contributed by atoms with Crippen molar-refractivity contribution in [1.82, 2.24) is 5.32 Å². The lowest BCUT2D eigenvalue weighted by atomic mass is 9.79. The highest BCUT2D eigenvalue weighted by atomic mass is 14.9. The van der Waals surface area contributed by atoms with E-state index in [-0.39, 0.29) is 0 Å². The van der Waals surface area contributed by atoms with Crippen molar-refractivity contribution >= 4 is 0 Å². The van der Waals surface area contributed by atoms with E-state index in [1.54, 1.807) is 0 Å². The summed E-state index contributed by atoms with van der Waals surface area (Å²) >= 11 is 0. The van der Waals surface area contributed by atoms with Crippen LogP contribution in [0.5, 0.6) is 0 Å². The van der Waals surface area contributed by atoms with Crippen LogP contribution < -0.4 is 5.32 Å². The molecule has 1 aliphatic heterocycles. The van der Waals surface area contributed by atoms with Crippen LogP contribution in [0.3, 0.4) is 0 Å². The van der Waals surface area contributed by atoms with Gasteiger partial charge in [-0.3, -0.25) is 0 Å². The van der Waals surface area contributed by atoms with E-state index in [0.29, 0.717) is 11.8 Å². The van der Waals surface area contributed by atoms with Crippen LogP contribution in [0, 0.1) is 16.7 Å². The average Bonchev–Trinajstić information content (AvgIpc) is 1.89. The van der Waals surface area contributed by atoms with Crippen molar-refractivity contribution in [3.05, 3.63) is 0 Å². The molecule has 0 amide bonds. The van der Waals surface area contributed by atoms with Gasteiger partial charge in [0.05, 0.1) is 6.07 Å². The van der Waals surface area contributed by atoms with Crippen molar-refractivity contribution in [1.29, 1.82) is 5.26 Å². The number of rotatable bonds is 1. The maximum atomic E-state index is 8.51. The molecule has 1 rings (SSSR count). The fourth-order valence-electron chi connectivity index (χ4n) is 1.40. The van der Waals surface area contributed by atoms with Crippen molar-refractivity contribution in [2.45, 2.75) is 26.2 Å². The molecule has 0 aromatic heterocycles. The Morgan fingerprint density at radius 2 is 2.10 bits per heavy atom. The van der Waals surface area contributed by atoms with Crippen LogP contribution in [0.25, 0.3) is 0 Å². The lowest BCUT2D eigenvalue weighted by molar-refractivity contribution is 0.235. The molecular formula is C8H14N2. The summed E-state index contributed by atoms with van der Waals surface area (Å²) in [6, 6.07) is 2.25. The van der Waals surface area contributed by atoms with Crippen molar-refractivity contribution in [2.75, 3.05) is 13.1 Å². The molecule has 0 aromatic rings. The van der Waals surface area contributed by atoms with Crippen LogP contribution in [0.2, 0.25) is 0 Å². The zero-order chi connectivity index (χ0) is 7.45. The van der Waals surface area contributed by atoms with Crippen molar-refractivity contribution < 1.29 is 0 Å². The van der Waals surface area contributed by atoms with Crippen LogP contribution in [-0.4, -0.2) is 13.1 Å². The Morgan fingerprint density at radius 1 is 1.50 bits per heavy atom. The molecule has 1 heterocycles. The van der Waals surface area contributed by atoms with E-state index in [9.17, 15) is 0 Å². The minimum atomic E-state index is 0.306. The third-order valence-electron chi connectivity index (χ3n) is 2.32. The summed E-state index contributed by atoms with van der Waals surface area (Å²) in [5.74, 6) is 0. The Labute approximate surface area is 62.2 Å². The number of nitrogens with zero attached hydrogens (tertiary/aromatic N) is 1. The standard InChI is InChI=1S/C8H14N2/c1-8(2-5-9)3-6-10-7-4-8/h10H,2-4,6-7H2,1H3. The third kappa shape index (κ3) is 1.71. The molecule has 0 atom stereocenters. The van der Waals surface area contributed by atoms with E-state index < -0.39 is 0 Å². The van der Waals surface area contributed by atoms with Gasteiger partial charge in [-0.25, -0.2) is 0 Å². The highest BCUT2D eigenvalue weighted by Crippen LogP contribution is 2.30. The monoisotopic (exact) mass is 138 g/mol. The Balaban J connectivity index is 2.42. The average molecular weight is 138 g/mol. The lowest BCUT2D eigenvalue weighted by Gasteiger charge is -2.31. The predicted octanol–water partition coefficient (Wildman–Crippen LogP) is 1.29. The first-order chi connectivity index (χ1) is 4.77. The van der Waals surface area contributed by atoms with E-state index in [4.69, 9.17) is 5.26 Å². The van der Waals surface area contributed by atoms with Gasteiger partial charge in [0, 0.05) is 6.42 Å². The zero-order valence-electron chi connectivity index (χ0n) is 6.48. The van der Waals surface area contributed by atoms with E-state index in [0.717, 1.165) is 25.9 Å². The number of hydrogen-bond acceptors (Lipinski definition) is 2. The number of nitriles is 1. The Kier molecular flexibility index (Phi) is 2.29. The van der Waals surface area contributed by atoms with Gasteiger partial charge >= 0.3 is 0 Å². The Bertz CT molecular complexity index is 140. The van der Waals surface area contributed by atoms with Crippen LogP contribution in [0.4, 0.5) is 0 Å². The second-order valence-corrected chi connectivity index (χ2v) is 3.40. The molecule has 0 radical (unpaired) electrons. The van der Waals surface area contributed by atoms with Gasteiger partial charge in [-0.05, 0) is 31.3 Å². The summed E-state index contributed by atoms with van der Waals surface area (Å²) in [6.07, 6.45) is 3.02. The first-order valence-corrected chi connectivity index (χ1v) is 3.84. The Hall–Kier alpha value is -0.550. The molecule has 10 heavy (non-hydrogen) atoms. The van der Waals surface area contributed by atoms with Crippen LogP contribution in [0.15, 0.2) is 0 Å². The van der Waals surface area contributed by atoms with Crippen molar-refractivity contribution in [2.24, 2.45) is 5.41 Å². The molecule has 1 N–H and O–H groups in total. The van der Waals surface area contributed by atoms with Gasteiger partial charge in [0.25, 0.3) is 0 Å². The van der Waals surface area contributed by atoms with Gasteiger partial charge in [0.1, 0.15) is 0 Å². The van der Waals surface area contributed by atoms with E-state index in [2.05, 4.69) is 18.3 Å². The summed E-state index contributed by atoms with van der Waals surface area (Å²) < 4.78 is 0. The SMILES string of the molecule is CC1(CC#N)CCNCC1. The third-order valence-corrected chi connectivity index (χ3v) is 2.32. The van der Waals surface area contributed by atoms with Crippen LogP contribution >= 0.6 is 0 Å². The summed E-state index contributed by atoms with van der Waals surface area (Å²) in [5, 5.41) is 11.8. The molecule has 0 bridgehead atoms. The summed E-state index contributed by atoms with van der Waals surface area (Å²) in [6.45, 7) is 4.37. The molecule has 0 spiro atoms. The topological polar surface area (TPSA) is 35.8 Å². The molecule has 1 fully saturated rings. The van der Waals surface area contributed by atoms with Gasteiger partial charge in [-0.2, -0.15) is 5.26 Å². The molecule has 0 saturated carbocycles. The summed E-state index contributed by atoms with van der Waals surface area (Å²) in [5.41, 5.74) is 0.306. The quantitative estimate of drug-likeness (QED) is 0.592. The first-order valence-electron chi connectivity index (χ1n) is 3.84. The second kappa shape index (κ2) is 3.03. The maximum absolute atomic E-state index is 8.51. The van der Waals surface area contributed by atoms with Gasteiger partial charge in [0.15, 0.2) is 0 Å². The molecule has 0 unspecified atom stereocenters. The number of hydrogen-bond donors (Lipinski definition) is 1. The predicted molar refractivity (Wildman–Crippen MR) is 40.4 cm³/mol. The number of nitrogens with one attached hydrogen (secondary N) is 1. The molecule has 2 heteroatoms. The molecule has 2 nitrogen and oxygen atoms in total. The fraction of sp³-hybridized carbons (Fsp3) is 0.875. The minimum absolute atomic E-state index is 0.306. The van der Waals surface area contributed by atoms with Crippen LogP contribution in [0.1, 0.15) is 26.2 Å². The maximum Gasteiger partial charge on any atom is 0.0627 e. The molecular weight excluding hydrogens is 124 g/mol. The van der Waals surface area contributed by atoms with Gasteiger partial charge in [-0.15, -0.1) is 0 Å². The van der Waals surface area contributed by atoms with Gasteiger partial charge in [0.2, 0.25) is 0 Å². The largest absolute Gasteiger partial charge is 0.317 e. The van der Waals surface area contributed by atoms with E-state index >= 15 is 0 Å². The zero-order valence-corrected chi connectivity index (χ0v) is 6.48. The Morgan fingerprint density at radius 3 is 2.60 bits per heavy atom. The van der Waals surface area contributed by atoms with E-state index in [1.807, 2.05) is 0 Å². The highest BCUT2D eigenvalue weighted by molar-refractivity contribution is 4.88.